The molecule has 0 saturated carbocycles. The number of rotatable bonds is 17. The maximum Gasteiger partial charge on any atom is 0.343 e. The largest absolute Gasteiger partial charge is 0.494 e. The van der Waals surface area contributed by atoms with Crippen LogP contribution in [0.5, 0.6) is 17.2 Å². The minimum atomic E-state index is -0.521. The predicted molar refractivity (Wildman–Crippen MR) is 149 cm³/mol. The minimum absolute atomic E-state index is 0.293. The normalized spacial score (nSPS) is 10.6. The molecule has 0 atom stereocenters. The van der Waals surface area contributed by atoms with Gasteiger partial charge in [0.15, 0.2) is 11.5 Å². The molecule has 2 aromatic rings. The Labute approximate surface area is 230 Å². The van der Waals surface area contributed by atoms with Gasteiger partial charge in [0.1, 0.15) is 5.75 Å². The van der Waals surface area contributed by atoms with Gasteiger partial charge in [-0.05, 0) is 87.1 Å². The number of methoxy groups -OCH3 is 1. The average Bonchev–Trinajstić information content (AvgIpc) is 2.94. The summed E-state index contributed by atoms with van der Waals surface area (Å²) in [5, 5.41) is 0. The first-order valence-corrected chi connectivity index (χ1v) is 13.1. The van der Waals surface area contributed by atoms with Crippen LogP contribution in [0.2, 0.25) is 0 Å². The highest BCUT2D eigenvalue weighted by molar-refractivity contribution is 5.91. The Morgan fingerprint density at radius 3 is 2.21 bits per heavy atom. The summed E-state index contributed by atoms with van der Waals surface area (Å²) in [7, 11) is 1.31. The lowest BCUT2D eigenvalue weighted by molar-refractivity contribution is -0.139. The molecule has 210 valence electrons. The molecule has 0 saturated heterocycles. The number of benzene rings is 2. The topological polar surface area (TPSA) is 97.4 Å². The van der Waals surface area contributed by atoms with Gasteiger partial charge in [0.25, 0.3) is 0 Å². The fourth-order valence-corrected chi connectivity index (χ4v) is 3.27. The second-order valence-electron chi connectivity index (χ2n) is 8.86. The predicted octanol–water partition coefficient (Wildman–Crippen LogP) is 6.33. The molecule has 2 rings (SSSR count). The molecule has 0 aliphatic heterocycles. The van der Waals surface area contributed by atoms with Gasteiger partial charge in [0, 0.05) is 11.6 Å². The third kappa shape index (κ3) is 11.9. The maximum atomic E-state index is 12.8. The van der Waals surface area contributed by atoms with Gasteiger partial charge < -0.3 is 23.7 Å². The summed E-state index contributed by atoms with van der Waals surface area (Å²) in [4.78, 5) is 35.5. The van der Waals surface area contributed by atoms with Gasteiger partial charge in [-0.15, -0.1) is 0 Å². The number of hydrogen-bond donors (Lipinski definition) is 0. The van der Waals surface area contributed by atoms with Crippen LogP contribution in [0.15, 0.2) is 60.7 Å². The van der Waals surface area contributed by atoms with Gasteiger partial charge in [-0.2, -0.15) is 0 Å². The summed E-state index contributed by atoms with van der Waals surface area (Å²) in [6.07, 6.45) is 8.27. The van der Waals surface area contributed by atoms with Crippen LogP contribution in [0.25, 0.3) is 6.08 Å². The van der Waals surface area contributed by atoms with Crippen molar-refractivity contribution in [3.63, 3.8) is 0 Å². The second-order valence-corrected chi connectivity index (χ2v) is 8.86. The Bertz CT molecular complexity index is 1120. The fraction of sp³-hybridized carbons (Fsp3) is 0.387. The first kappa shape index (κ1) is 31.1. The lowest BCUT2D eigenvalue weighted by Gasteiger charge is -2.13. The van der Waals surface area contributed by atoms with Crippen LogP contribution in [-0.2, 0) is 19.1 Å². The van der Waals surface area contributed by atoms with Crippen molar-refractivity contribution in [3.05, 3.63) is 71.8 Å². The van der Waals surface area contributed by atoms with E-state index in [0.29, 0.717) is 53.8 Å². The Kier molecular flexibility index (Phi) is 13.9. The number of carbonyl (C=O) groups excluding carboxylic acids is 3. The monoisotopic (exact) mass is 538 g/mol. The molecule has 0 bridgehead atoms. The third-order valence-electron chi connectivity index (χ3n) is 5.52. The molecule has 0 aliphatic rings. The summed E-state index contributed by atoms with van der Waals surface area (Å²) >= 11 is 0. The van der Waals surface area contributed by atoms with E-state index < -0.39 is 11.9 Å². The van der Waals surface area contributed by atoms with Crippen molar-refractivity contribution in [1.82, 2.24) is 0 Å². The van der Waals surface area contributed by atoms with E-state index in [1.807, 2.05) is 0 Å². The maximum absolute atomic E-state index is 12.8. The molecule has 39 heavy (non-hydrogen) atoms. The Balaban J connectivity index is 1.85. The third-order valence-corrected chi connectivity index (χ3v) is 5.52. The standard InChI is InChI=1S/C31H38O8/c1-5-6-19-37-28-22-24(12-18-29(32)35-4)11-17-27(28)39-31(34)25-13-15-26(16-14-25)36-20-9-7-8-10-21-38-30(33)23(2)3/h11-18,22H,2,5-10,19-21H2,1,3-4H3/b18-12+. The number of hydrogen-bond acceptors (Lipinski definition) is 8. The SMILES string of the molecule is C=C(C)C(=O)OCCCCCCOc1ccc(C(=O)Oc2ccc(/C=C/C(=O)OC)cc2OCCCC)cc1. The van der Waals surface area contributed by atoms with E-state index in [0.717, 1.165) is 38.5 Å². The van der Waals surface area contributed by atoms with Gasteiger partial charge in [-0.1, -0.05) is 26.0 Å². The van der Waals surface area contributed by atoms with Crippen molar-refractivity contribution in [2.45, 2.75) is 52.4 Å². The summed E-state index contributed by atoms with van der Waals surface area (Å²) in [5.74, 6) is 0.0255. The first-order valence-electron chi connectivity index (χ1n) is 13.1. The van der Waals surface area contributed by atoms with E-state index in [1.165, 1.54) is 13.2 Å². The summed E-state index contributed by atoms with van der Waals surface area (Å²) in [6.45, 7) is 8.65. The highest BCUT2D eigenvalue weighted by atomic mass is 16.6. The van der Waals surface area contributed by atoms with Crippen LogP contribution >= 0.6 is 0 Å². The Hall–Kier alpha value is -4.07. The molecule has 0 unspecified atom stereocenters. The highest BCUT2D eigenvalue weighted by Crippen LogP contribution is 2.30. The molecular weight excluding hydrogens is 500 g/mol. The molecule has 0 N–H and O–H groups in total. The van der Waals surface area contributed by atoms with Crippen molar-refractivity contribution >= 4 is 24.0 Å². The van der Waals surface area contributed by atoms with Crippen molar-refractivity contribution in [3.8, 4) is 17.2 Å². The van der Waals surface area contributed by atoms with Crippen molar-refractivity contribution in [2.24, 2.45) is 0 Å². The number of carbonyl (C=O) groups is 3. The van der Waals surface area contributed by atoms with Crippen LogP contribution in [0.1, 0.15) is 68.3 Å². The molecule has 0 fully saturated rings. The Morgan fingerprint density at radius 1 is 0.846 bits per heavy atom. The van der Waals surface area contributed by atoms with Crippen LogP contribution in [-0.4, -0.2) is 44.8 Å². The van der Waals surface area contributed by atoms with E-state index in [4.69, 9.17) is 18.9 Å². The summed E-state index contributed by atoms with van der Waals surface area (Å²) in [6, 6.07) is 11.8. The molecule has 0 aromatic heterocycles. The molecular formula is C31H38O8. The van der Waals surface area contributed by atoms with Crippen molar-refractivity contribution < 1.29 is 38.1 Å². The highest BCUT2D eigenvalue weighted by Gasteiger charge is 2.14. The van der Waals surface area contributed by atoms with Crippen LogP contribution in [0.4, 0.5) is 0 Å². The zero-order valence-electron chi connectivity index (χ0n) is 23.0. The summed E-state index contributed by atoms with van der Waals surface area (Å²) < 4.78 is 26.9. The zero-order valence-corrected chi connectivity index (χ0v) is 23.0. The molecule has 0 radical (unpaired) electrons. The fourth-order valence-electron chi connectivity index (χ4n) is 3.27. The summed E-state index contributed by atoms with van der Waals surface area (Å²) in [5.41, 5.74) is 1.49. The molecule has 2 aromatic carbocycles. The van der Waals surface area contributed by atoms with E-state index in [9.17, 15) is 14.4 Å². The Morgan fingerprint density at radius 2 is 1.54 bits per heavy atom. The smallest absolute Gasteiger partial charge is 0.343 e. The quantitative estimate of drug-likeness (QED) is 0.0998. The molecule has 0 spiro atoms. The molecule has 0 aliphatic carbocycles. The van der Waals surface area contributed by atoms with Gasteiger partial charge in [0.05, 0.1) is 32.5 Å². The number of unbranched alkanes of at least 4 members (excludes halogenated alkanes) is 4. The lowest BCUT2D eigenvalue weighted by atomic mass is 10.1. The number of esters is 3. The molecule has 0 heterocycles. The first-order chi connectivity index (χ1) is 18.8. The van der Waals surface area contributed by atoms with Crippen LogP contribution in [0, 0.1) is 0 Å². The lowest BCUT2D eigenvalue weighted by Crippen LogP contribution is -2.10. The van der Waals surface area contributed by atoms with E-state index in [2.05, 4.69) is 18.2 Å². The van der Waals surface area contributed by atoms with Gasteiger partial charge in [-0.25, -0.2) is 14.4 Å². The van der Waals surface area contributed by atoms with Crippen molar-refractivity contribution in [2.75, 3.05) is 26.9 Å². The van der Waals surface area contributed by atoms with Gasteiger partial charge >= 0.3 is 17.9 Å². The van der Waals surface area contributed by atoms with E-state index in [-0.39, 0.29) is 5.97 Å². The average molecular weight is 539 g/mol. The van der Waals surface area contributed by atoms with Crippen LogP contribution < -0.4 is 14.2 Å². The second kappa shape index (κ2) is 17.4. The van der Waals surface area contributed by atoms with E-state index >= 15 is 0 Å². The molecule has 0 amide bonds. The van der Waals surface area contributed by atoms with Crippen molar-refractivity contribution in [1.29, 1.82) is 0 Å². The van der Waals surface area contributed by atoms with E-state index in [1.54, 1.807) is 55.5 Å². The molecule has 8 nitrogen and oxygen atoms in total. The number of ether oxygens (including phenoxy) is 5. The zero-order chi connectivity index (χ0) is 28.5. The van der Waals surface area contributed by atoms with Gasteiger partial charge in [0.2, 0.25) is 0 Å². The van der Waals surface area contributed by atoms with Gasteiger partial charge in [-0.3, -0.25) is 0 Å². The molecule has 8 heteroatoms. The minimum Gasteiger partial charge on any atom is -0.494 e. The van der Waals surface area contributed by atoms with Crippen LogP contribution in [0.3, 0.4) is 0 Å².